The van der Waals surface area contributed by atoms with Crippen molar-refractivity contribution >= 4 is 5.91 Å². The van der Waals surface area contributed by atoms with Crippen LogP contribution in [0, 0.1) is 17.8 Å². The molecular formula is C23H36N4O2. The summed E-state index contributed by atoms with van der Waals surface area (Å²) in [5.41, 5.74) is 0.739. The van der Waals surface area contributed by atoms with Gasteiger partial charge in [-0.25, -0.2) is 4.68 Å². The molecule has 160 valence electrons. The van der Waals surface area contributed by atoms with Crippen LogP contribution in [0.15, 0.2) is 6.20 Å². The first-order valence-corrected chi connectivity index (χ1v) is 11.4. The van der Waals surface area contributed by atoms with E-state index in [1.54, 1.807) is 0 Å². The summed E-state index contributed by atoms with van der Waals surface area (Å²) in [6, 6.07) is 0.200. The summed E-state index contributed by atoms with van der Waals surface area (Å²) in [5.74, 6) is 6.52. The molecule has 2 fully saturated rings. The lowest BCUT2D eigenvalue weighted by Gasteiger charge is -2.25. The van der Waals surface area contributed by atoms with Gasteiger partial charge in [0.05, 0.1) is 30.4 Å². The molecule has 2 saturated heterocycles. The lowest BCUT2D eigenvalue weighted by atomic mass is 9.99. The smallest absolute Gasteiger partial charge is 0.228 e. The molecule has 2 aliphatic rings. The lowest BCUT2D eigenvalue weighted by molar-refractivity contribution is -0.138. The van der Waals surface area contributed by atoms with Gasteiger partial charge in [-0.3, -0.25) is 4.79 Å². The molecule has 3 heterocycles. The van der Waals surface area contributed by atoms with Crippen LogP contribution in [0.1, 0.15) is 90.3 Å². The molecule has 0 unspecified atom stereocenters. The molecule has 6 nitrogen and oxygen atoms in total. The van der Waals surface area contributed by atoms with Crippen molar-refractivity contribution in [3.8, 4) is 11.8 Å². The standard InChI is InChI=1S/C23H36N4O2/c1-4-5-6-7-8-11-20-17-27(25-24-20)18(2)16-21-12-13-22(29-21)19(3)23(28)26-14-9-10-15-26/h17-19,21-22H,4-7,9-10,12-16H2,1-3H3/t18-,19-,21+,22-/m1/s1. The fraction of sp³-hybridized carbons (Fsp3) is 0.783. The van der Waals surface area contributed by atoms with Gasteiger partial charge in [0.1, 0.15) is 0 Å². The third-order valence-electron chi connectivity index (χ3n) is 6.19. The Kier molecular flexibility index (Phi) is 8.11. The number of hydrogen-bond donors (Lipinski definition) is 0. The predicted octanol–water partition coefficient (Wildman–Crippen LogP) is 3.97. The van der Waals surface area contributed by atoms with Crippen molar-refractivity contribution in [1.29, 1.82) is 0 Å². The number of unbranched alkanes of at least 4 members (excludes halogenated alkanes) is 3. The highest BCUT2D eigenvalue weighted by Crippen LogP contribution is 2.31. The number of carbonyl (C=O) groups excluding carboxylic acids is 1. The van der Waals surface area contributed by atoms with Gasteiger partial charge in [0.15, 0.2) is 5.69 Å². The number of nitrogens with zero attached hydrogens (tertiary/aromatic N) is 4. The van der Waals surface area contributed by atoms with Gasteiger partial charge < -0.3 is 9.64 Å². The predicted molar refractivity (Wildman–Crippen MR) is 113 cm³/mol. The third kappa shape index (κ3) is 6.05. The van der Waals surface area contributed by atoms with Crippen LogP contribution in [-0.2, 0) is 9.53 Å². The topological polar surface area (TPSA) is 60.2 Å². The normalized spacial score (nSPS) is 23.6. The minimum absolute atomic E-state index is 0.0422. The minimum atomic E-state index is -0.0469. The maximum Gasteiger partial charge on any atom is 0.228 e. The number of rotatable bonds is 8. The van der Waals surface area contributed by atoms with E-state index >= 15 is 0 Å². The van der Waals surface area contributed by atoms with Gasteiger partial charge in [-0.15, -0.1) is 5.10 Å². The fourth-order valence-electron chi connectivity index (χ4n) is 4.31. The summed E-state index contributed by atoms with van der Waals surface area (Å²) in [6.07, 6.45) is 11.8. The van der Waals surface area contributed by atoms with Crippen molar-refractivity contribution in [2.75, 3.05) is 13.1 Å². The minimum Gasteiger partial charge on any atom is -0.374 e. The van der Waals surface area contributed by atoms with Crippen LogP contribution in [0.5, 0.6) is 0 Å². The highest BCUT2D eigenvalue weighted by atomic mass is 16.5. The first kappa shape index (κ1) is 21.8. The molecule has 29 heavy (non-hydrogen) atoms. The van der Waals surface area contributed by atoms with Gasteiger partial charge in [-0.05, 0) is 51.4 Å². The number of ether oxygens (including phenoxy) is 1. The summed E-state index contributed by atoms with van der Waals surface area (Å²) < 4.78 is 8.16. The molecule has 4 atom stereocenters. The highest BCUT2D eigenvalue weighted by Gasteiger charge is 2.36. The zero-order valence-corrected chi connectivity index (χ0v) is 18.3. The lowest BCUT2D eigenvalue weighted by Crippen LogP contribution is -2.38. The Hall–Kier alpha value is -1.87. The molecule has 0 bridgehead atoms. The van der Waals surface area contributed by atoms with Gasteiger partial charge in [0.2, 0.25) is 5.91 Å². The molecule has 1 aromatic rings. The van der Waals surface area contributed by atoms with E-state index in [9.17, 15) is 4.79 Å². The molecule has 1 aromatic heterocycles. The molecular weight excluding hydrogens is 364 g/mol. The fourth-order valence-corrected chi connectivity index (χ4v) is 4.31. The Morgan fingerprint density at radius 1 is 1.28 bits per heavy atom. The van der Waals surface area contributed by atoms with E-state index in [-0.39, 0.29) is 30.1 Å². The van der Waals surface area contributed by atoms with Crippen LogP contribution in [0.2, 0.25) is 0 Å². The maximum absolute atomic E-state index is 12.6. The second kappa shape index (κ2) is 10.8. The SMILES string of the molecule is CCCCCC#Cc1cn([C@H](C)C[C@@H]2CC[C@H]([C@@H](C)C(=O)N3CCCC3)O2)nn1. The van der Waals surface area contributed by atoms with E-state index in [2.05, 4.69) is 36.0 Å². The van der Waals surface area contributed by atoms with Crippen molar-refractivity contribution < 1.29 is 9.53 Å². The van der Waals surface area contributed by atoms with E-state index in [4.69, 9.17) is 4.74 Å². The maximum atomic E-state index is 12.6. The molecule has 0 radical (unpaired) electrons. The van der Waals surface area contributed by atoms with Crippen molar-refractivity contribution in [2.24, 2.45) is 5.92 Å². The summed E-state index contributed by atoms with van der Waals surface area (Å²) in [6.45, 7) is 8.18. The molecule has 0 saturated carbocycles. The van der Waals surface area contributed by atoms with Gasteiger partial charge in [0, 0.05) is 19.5 Å². The van der Waals surface area contributed by atoms with Crippen LogP contribution in [0.3, 0.4) is 0 Å². The van der Waals surface area contributed by atoms with Gasteiger partial charge >= 0.3 is 0 Å². The van der Waals surface area contributed by atoms with Crippen LogP contribution in [-0.4, -0.2) is 51.1 Å². The first-order chi connectivity index (χ1) is 14.1. The monoisotopic (exact) mass is 400 g/mol. The molecule has 0 N–H and O–H groups in total. The first-order valence-electron chi connectivity index (χ1n) is 11.4. The number of carbonyl (C=O) groups is 1. The average molecular weight is 401 g/mol. The molecule has 6 heteroatoms. The number of hydrogen-bond acceptors (Lipinski definition) is 4. The van der Waals surface area contributed by atoms with Crippen LogP contribution < -0.4 is 0 Å². The third-order valence-corrected chi connectivity index (χ3v) is 6.19. The molecule has 0 aromatic carbocycles. The van der Waals surface area contributed by atoms with Gasteiger partial charge in [-0.2, -0.15) is 0 Å². The molecule has 0 spiro atoms. The molecule has 3 rings (SSSR count). The van der Waals surface area contributed by atoms with E-state index in [1.165, 1.54) is 12.8 Å². The molecule has 1 amide bonds. The zero-order chi connectivity index (χ0) is 20.6. The summed E-state index contributed by atoms with van der Waals surface area (Å²) >= 11 is 0. The number of likely N-dealkylation sites (tertiary alicyclic amines) is 1. The van der Waals surface area contributed by atoms with E-state index < -0.39 is 0 Å². The van der Waals surface area contributed by atoms with Crippen LogP contribution in [0.4, 0.5) is 0 Å². The van der Waals surface area contributed by atoms with E-state index in [1.807, 2.05) is 22.7 Å². The Labute approximate surface area is 175 Å². The largest absolute Gasteiger partial charge is 0.374 e. The molecule has 0 aliphatic carbocycles. The second-order valence-corrected chi connectivity index (χ2v) is 8.62. The number of aromatic nitrogens is 3. The van der Waals surface area contributed by atoms with Gasteiger partial charge in [0.25, 0.3) is 0 Å². The van der Waals surface area contributed by atoms with Crippen LogP contribution >= 0.6 is 0 Å². The second-order valence-electron chi connectivity index (χ2n) is 8.62. The van der Waals surface area contributed by atoms with Crippen molar-refractivity contribution in [2.45, 2.75) is 96.8 Å². The summed E-state index contributed by atoms with van der Waals surface area (Å²) in [7, 11) is 0. The highest BCUT2D eigenvalue weighted by molar-refractivity contribution is 5.79. The Bertz CT molecular complexity index is 714. The van der Waals surface area contributed by atoms with Gasteiger partial charge in [-0.1, -0.05) is 37.8 Å². The quantitative estimate of drug-likeness (QED) is 0.489. The Morgan fingerprint density at radius 2 is 2.07 bits per heavy atom. The van der Waals surface area contributed by atoms with E-state index in [0.29, 0.717) is 0 Å². The Morgan fingerprint density at radius 3 is 2.83 bits per heavy atom. The average Bonchev–Trinajstić information content (AvgIpc) is 3.48. The zero-order valence-electron chi connectivity index (χ0n) is 18.3. The van der Waals surface area contributed by atoms with Crippen molar-refractivity contribution in [1.82, 2.24) is 19.9 Å². The Balaban J connectivity index is 1.45. The van der Waals surface area contributed by atoms with E-state index in [0.717, 1.165) is 63.7 Å². The summed E-state index contributed by atoms with van der Waals surface area (Å²) in [5, 5.41) is 8.44. The summed E-state index contributed by atoms with van der Waals surface area (Å²) in [4.78, 5) is 14.6. The molecule has 2 aliphatic heterocycles. The van der Waals surface area contributed by atoms with Crippen molar-refractivity contribution in [3.63, 3.8) is 0 Å². The van der Waals surface area contributed by atoms with Crippen molar-refractivity contribution in [3.05, 3.63) is 11.9 Å². The van der Waals surface area contributed by atoms with Crippen LogP contribution in [0.25, 0.3) is 0 Å². The number of amides is 1.